The molecule has 1 amide bonds. The molecule has 17 heavy (non-hydrogen) atoms. The molecule has 0 aromatic rings. The summed E-state index contributed by atoms with van der Waals surface area (Å²) in [6, 6.07) is 0. The van der Waals surface area contributed by atoms with Crippen molar-refractivity contribution in [3.8, 4) is 0 Å². The summed E-state index contributed by atoms with van der Waals surface area (Å²) >= 11 is 0. The SMILES string of the molecule is CCN(CC)C(=O)CN1CCOC(CN)C1.Cl. The Hall–Kier alpha value is -0.360. The van der Waals surface area contributed by atoms with E-state index in [1.54, 1.807) is 0 Å². The highest BCUT2D eigenvalue weighted by Gasteiger charge is 2.22. The van der Waals surface area contributed by atoms with E-state index in [2.05, 4.69) is 4.90 Å². The monoisotopic (exact) mass is 265 g/mol. The quantitative estimate of drug-likeness (QED) is 0.757. The van der Waals surface area contributed by atoms with Crippen LogP contribution in [0.15, 0.2) is 0 Å². The van der Waals surface area contributed by atoms with Gasteiger partial charge in [-0.2, -0.15) is 0 Å². The molecule has 1 fully saturated rings. The van der Waals surface area contributed by atoms with Gasteiger partial charge in [-0.3, -0.25) is 9.69 Å². The summed E-state index contributed by atoms with van der Waals surface area (Å²) in [6.45, 7) is 8.84. The van der Waals surface area contributed by atoms with Crippen molar-refractivity contribution in [2.75, 3.05) is 45.9 Å². The number of amides is 1. The zero-order chi connectivity index (χ0) is 12.0. The average molecular weight is 266 g/mol. The largest absolute Gasteiger partial charge is 0.374 e. The van der Waals surface area contributed by atoms with E-state index in [4.69, 9.17) is 10.5 Å². The van der Waals surface area contributed by atoms with Crippen LogP contribution in [0.5, 0.6) is 0 Å². The second-order valence-corrected chi connectivity index (χ2v) is 4.03. The first kappa shape index (κ1) is 16.6. The Bertz CT molecular complexity index is 225. The molecule has 1 atom stereocenters. The molecule has 1 heterocycles. The Morgan fingerprint density at radius 3 is 2.65 bits per heavy atom. The molecule has 1 saturated heterocycles. The van der Waals surface area contributed by atoms with Crippen molar-refractivity contribution in [2.24, 2.45) is 5.73 Å². The van der Waals surface area contributed by atoms with Crippen molar-refractivity contribution in [2.45, 2.75) is 20.0 Å². The number of morpholine rings is 1. The fourth-order valence-electron chi connectivity index (χ4n) is 1.93. The molecule has 1 unspecified atom stereocenters. The van der Waals surface area contributed by atoms with Crippen LogP contribution in [0, 0.1) is 0 Å². The van der Waals surface area contributed by atoms with Gasteiger partial charge in [0.1, 0.15) is 0 Å². The number of carbonyl (C=O) groups is 1. The molecular formula is C11H24ClN3O2. The lowest BCUT2D eigenvalue weighted by atomic mass is 10.2. The van der Waals surface area contributed by atoms with Crippen molar-refractivity contribution in [1.29, 1.82) is 0 Å². The zero-order valence-electron chi connectivity index (χ0n) is 10.7. The molecule has 0 aliphatic carbocycles. The van der Waals surface area contributed by atoms with Gasteiger partial charge in [-0.15, -0.1) is 12.4 Å². The molecule has 5 nitrogen and oxygen atoms in total. The van der Waals surface area contributed by atoms with Gasteiger partial charge < -0.3 is 15.4 Å². The van der Waals surface area contributed by atoms with Gasteiger partial charge in [0, 0.05) is 32.7 Å². The Kier molecular flexibility index (Phi) is 8.51. The topological polar surface area (TPSA) is 58.8 Å². The molecule has 0 saturated carbocycles. The molecule has 0 spiro atoms. The van der Waals surface area contributed by atoms with Crippen LogP contribution in [0.1, 0.15) is 13.8 Å². The summed E-state index contributed by atoms with van der Waals surface area (Å²) in [5.74, 6) is 0.197. The number of hydrogen-bond donors (Lipinski definition) is 1. The molecular weight excluding hydrogens is 242 g/mol. The third-order valence-electron chi connectivity index (χ3n) is 2.96. The van der Waals surface area contributed by atoms with E-state index in [0.29, 0.717) is 19.7 Å². The Morgan fingerprint density at radius 2 is 2.12 bits per heavy atom. The molecule has 0 aromatic carbocycles. The van der Waals surface area contributed by atoms with Gasteiger partial charge in [0.2, 0.25) is 5.91 Å². The van der Waals surface area contributed by atoms with Crippen LogP contribution in [-0.4, -0.2) is 67.7 Å². The number of likely N-dealkylation sites (N-methyl/N-ethyl adjacent to an activating group) is 1. The van der Waals surface area contributed by atoms with Crippen molar-refractivity contribution in [3.63, 3.8) is 0 Å². The lowest BCUT2D eigenvalue weighted by Gasteiger charge is -2.33. The van der Waals surface area contributed by atoms with Crippen LogP contribution in [-0.2, 0) is 9.53 Å². The fraction of sp³-hybridized carbons (Fsp3) is 0.909. The third-order valence-corrected chi connectivity index (χ3v) is 2.96. The van der Waals surface area contributed by atoms with Crippen LogP contribution >= 0.6 is 12.4 Å². The van der Waals surface area contributed by atoms with E-state index >= 15 is 0 Å². The second-order valence-electron chi connectivity index (χ2n) is 4.03. The number of nitrogens with two attached hydrogens (primary N) is 1. The molecule has 1 aliphatic rings. The molecule has 1 rings (SSSR count). The van der Waals surface area contributed by atoms with E-state index in [0.717, 1.165) is 26.2 Å². The highest BCUT2D eigenvalue weighted by molar-refractivity contribution is 5.85. The number of nitrogens with zero attached hydrogens (tertiary/aromatic N) is 2. The molecule has 1 aliphatic heterocycles. The highest BCUT2D eigenvalue weighted by atomic mass is 35.5. The van der Waals surface area contributed by atoms with Gasteiger partial charge in [-0.05, 0) is 13.8 Å². The summed E-state index contributed by atoms with van der Waals surface area (Å²) in [7, 11) is 0. The predicted molar refractivity (Wildman–Crippen MR) is 70.4 cm³/mol. The summed E-state index contributed by atoms with van der Waals surface area (Å²) in [4.78, 5) is 15.9. The molecule has 6 heteroatoms. The first-order valence-electron chi connectivity index (χ1n) is 6.03. The van der Waals surface area contributed by atoms with Crippen LogP contribution in [0.3, 0.4) is 0 Å². The number of ether oxygens (including phenoxy) is 1. The van der Waals surface area contributed by atoms with E-state index in [1.165, 1.54) is 0 Å². The normalized spacial score (nSPS) is 20.8. The first-order chi connectivity index (χ1) is 7.71. The summed E-state index contributed by atoms with van der Waals surface area (Å²) in [5.41, 5.74) is 5.56. The maximum absolute atomic E-state index is 11.9. The standard InChI is InChI=1S/C11H23N3O2.ClH/c1-3-14(4-2)11(15)9-13-5-6-16-10(7-12)8-13;/h10H,3-9,12H2,1-2H3;1H. The maximum Gasteiger partial charge on any atom is 0.236 e. The molecule has 0 radical (unpaired) electrons. The minimum Gasteiger partial charge on any atom is -0.374 e. The average Bonchev–Trinajstić information content (AvgIpc) is 2.31. The smallest absolute Gasteiger partial charge is 0.236 e. The van der Waals surface area contributed by atoms with Crippen LogP contribution in [0.4, 0.5) is 0 Å². The van der Waals surface area contributed by atoms with Gasteiger partial charge in [-0.25, -0.2) is 0 Å². The van der Waals surface area contributed by atoms with Crippen molar-refractivity contribution in [1.82, 2.24) is 9.80 Å². The van der Waals surface area contributed by atoms with E-state index < -0.39 is 0 Å². The minimum absolute atomic E-state index is 0. The summed E-state index contributed by atoms with van der Waals surface area (Å²) in [6.07, 6.45) is 0.0817. The number of hydrogen-bond acceptors (Lipinski definition) is 4. The Labute approximate surface area is 110 Å². The third kappa shape index (κ3) is 5.21. The number of halogens is 1. The van der Waals surface area contributed by atoms with Crippen molar-refractivity contribution >= 4 is 18.3 Å². The molecule has 102 valence electrons. The van der Waals surface area contributed by atoms with Gasteiger partial charge in [0.05, 0.1) is 19.3 Å². The Balaban J connectivity index is 0.00000256. The molecule has 0 aromatic heterocycles. The Morgan fingerprint density at radius 1 is 1.47 bits per heavy atom. The predicted octanol–water partition coefficient (Wildman–Crippen LogP) is -0.0639. The second kappa shape index (κ2) is 8.69. The summed E-state index contributed by atoms with van der Waals surface area (Å²) < 4.78 is 5.46. The van der Waals surface area contributed by atoms with Gasteiger partial charge in [0.25, 0.3) is 0 Å². The molecule has 0 bridgehead atoms. The maximum atomic E-state index is 11.9. The number of rotatable bonds is 5. The highest BCUT2D eigenvalue weighted by Crippen LogP contribution is 2.04. The fourth-order valence-corrected chi connectivity index (χ4v) is 1.93. The molecule has 2 N–H and O–H groups in total. The minimum atomic E-state index is 0. The number of carbonyl (C=O) groups excluding carboxylic acids is 1. The van der Waals surface area contributed by atoms with Crippen LogP contribution < -0.4 is 5.73 Å². The van der Waals surface area contributed by atoms with E-state index in [9.17, 15) is 4.79 Å². The first-order valence-corrected chi connectivity index (χ1v) is 6.03. The summed E-state index contributed by atoms with van der Waals surface area (Å²) in [5, 5.41) is 0. The van der Waals surface area contributed by atoms with Crippen molar-refractivity contribution in [3.05, 3.63) is 0 Å². The van der Waals surface area contributed by atoms with Gasteiger partial charge in [-0.1, -0.05) is 0 Å². The van der Waals surface area contributed by atoms with E-state index in [-0.39, 0.29) is 24.4 Å². The van der Waals surface area contributed by atoms with Crippen LogP contribution in [0.2, 0.25) is 0 Å². The van der Waals surface area contributed by atoms with Gasteiger partial charge in [0.15, 0.2) is 0 Å². The van der Waals surface area contributed by atoms with Gasteiger partial charge >= 0.3 is 0 Å². The van der Waals surface area contributed by atoms with Crippen LogP contribution in [0.25, 0.3) is 0 Å². The lowest BCUT2D eigenvalue weighted by molar-refractivity contribution is -0.133. The lowest BCUT2D eigenvalue weighted by Crippen LogP contribution is -2.49. The van der Waals surface area contributed by atoms with E-state index in [1.807, 2.05) is 18.7 Å². The zero-order valence-corrected chi connectivity index (χ0v) is 11.5. The van der Waals surface area contributed by atoms with Crippen molar-refractivity contribution < 1.29 is 9.53 Å².